The second kappa shape index (κ2) is 7.49. The molecule has 0 aliphatic carbocycles. The third-order valence-electron chi connectivity index (χ3n) is 1.93. The maximum absolute atomic E-state index is 11.2. The maximum Gasteiger partial charge on any atom is 0.326 e. The van der Waals surface area contributed by atoms with E-state index in [1.807, 2.05) is 0 Å². The Hall–Kier alpha value is -1.79. The van der Waals surface area contributed by atoms with E-state index in [1.54, 1.807) is 6.92 Å². The standard InChI is InChI=1S/C9H17N3O4/c1-3-6(8(14)15)12-9(16)11-5-4-7(13)10-2/h6H,3-5H2,1-2H3,(H,10,13)(H,14,15)(H2,11,12,16)/t6-/m1/s1. The number of hydrogen-bond donors (Lipinski definition) is 4. The molecule has 0 heterocycles. The Morgan fingerprint density at radius 3 is 2.38 bits per heavy atom. The Balaban J connectivity index is 3.81. The van der Waals surface area contributed by atoms with E-state index in [-0.39, 0.29) is 18.9 Å². The highest BCUT2D eigenvalue weighted by Gasteiger charge is 2.16. The fourth-order valence-corrected chi connectivity index (χ4v) is 0.962. The fourth-order valence-electron chi connectivity index (χ4n) is 0.962. The van der Waals surface area contributed by atoms with Gasteiger partial charge in [0.05, 0.1) is 0 Å². The molecule has 0 saturated carbocycles. The van der Waals surface area contributed by atoms with E-state index >= 15 is 0 Å². The highest BCUT2D eigenvalue weighted by atomic mass is 16.4. The number of rotatable bonds is 6. The molecule has 0 fully saturated rings. The highest BCUT2D eigenvalue weighted by molar-refractivity contribution is 5.83. The van der Waals surface area contributed by atoms with Crippen molar-refractivity contribution in [1.82, 2.24) is 16.0 Å². The molecule has 7 heteroatoms. The molecule has 0 unspecified atom stereocenters. The van der Waals surface area contributed by atoms with Crippen molar-refractivity contribution in [2.24, 2.45) is 0 Å². The van der Waals surface area contributed by atoms with Crippen molar-refractivity contribution >= 4 is 17.9 Å². The first-order valence-corrected chi connectivity index (χ1v) is 4.99. The Labute approximate surface area is 93.6 Å². The van der Waals surface area contributed by atoms with E-state index in [2.05, 4.69) is 16.0 Å². The molecular formula is C9H17N3O4. The summed E-state index contributed by atoms with van der Waals surface area (Å²) < 4.78 is 0. The number of nitrogens with one attached hydrogen (secondary N) is 3. The van der Waals surface area contributed by atoms with Gasteiger partial charge in [-0.05, 0) is 6.42 Å². The van der Waals surface area contributed by atoms with E-state index in [0.717, 1.165) is 0 Å². The monoisotopic (exact) mass is 231 g/mol. The van der Waals surface area contributed by atoms with Gasteiger partial charge < -0.3 is 21.1 Å². The zero-order chi connectivity index (χ0) is 12.6. The largest absolute Gasteiger partial charge is 0.480 e. The van der Waals surface area contributed by atoms with E-state index in [1.165, 1.54) is 7.05 Å². The zero-order valence-electron chi connectivity index (χ0n) is 9.37. The summed E-state index contributed by atoms with van der Waals surface area (Å²) in [4.78, 5) is 32.6. The molecule has 0 aromatic rings. The van der Waals surface area contributed by atoms with Gasteiger partial charge in [-0.2, -0.15) is 0 Å². The summed E-state index contributed by atoms with van der Waals surface area (Å²) in [5.74, 6) is -1.27. The van der Waals surface area contributed by atoms with Crippen molar-refractivity contribution in [3.63, 3.8) is 0 Å². The molecule has 7 nitrogen and oxygen atoms in total. The SMILES string of the molecule is CC[C@@H](NC(=O)NCCC(=O)NC)C(=O)O. The van der Waals surface area contributed by atoms with Crippen molar-refractivity contribution in [1.29, 1.82) is 0 Å². The van der Waals surface area contributed by atoms with E-state index < -0.39 is 18.0 Å². The van der Waals surface area contributed by atoms with Gasteiger partial charge in [-0.1, -0.05) is 6.92 Å². The Kier molecular flexibility index (Phi) is 6.66. The van der Waals surface area contributed by atoms with Crippen LogP contribution in [-0.4, -0.2) is 42.6 Å². The summed E-state index contributed by atoms with van der Waals surface area (Å²) in [5.41, 5.74) is 0. The molecule has 0 bridgehead atoms. The van der Waals surface area contributed by atoms with Gasteiger partial charge in [-0.25, -0.2) is 9.59 Å². The van der Waals surface area contributed by atoms with E-state index in [0.29, 0.717) is 6.42 Å². The van der Waals surface area contributed by atoms with Gasteiger partial charge in [0.15, 0.2) is 0 Å². The van der Waals surface area contributed by atoms with Gasteiger partial charge in [0.25, 0.3) is 0 Å². The minimum Gasteiger partial charge on any atom is -0.480 e. The molecule has 0 aliphatic heterocycles. The summed E-state index contributed by atoms with van der Waals surface area (Å²) in [6.45, 7) is 1.82. The predicted molar refractivity (Wildman–Crippen MR) is 56.9 cm³/mol. The number of carboxylic acids is 1. The molecule has 0 saturated heterocycles. The van der Waals surface area contributed by atoms with Crippen LogP contribution in [-0.2, 0) is 9.59 Å². The Morgan fingerprint density at radius 2 is 1.94 bits per heavy atom. The molecule has 0 spiro atoms. The lowest BCUT2D eigenvalue weighted by Gasteiger charge is -2.12. The lowest BCUT2D eigenvalue weighted by molar-refractivity contribution is -0.139. The number of amides is 3. The third-order valence-corrected chi connectivity index (χ3v) is 1.93. The average molecular weight is 231 g/mol. The van der Waals surface area contributed by atoms with Crippen molar-refractivity contribution in [3.05, 3.63) is 0 Å². The van der Waals surface area contributed by atoms with Gasteiger partial charge in [-0.3, -0.25) is 4.79 Å². The van der Waals surface area contributed by atoms with Crippen LogP contribution in [0.4, 0.5) is 4.79 Å². The number of urea groups is 1. The van der Waals surface area contributed by atoms with Crippen LogP contribution < -0.4 is 16.0 Å². The normalized spacial score (nSPS) is 11.4. The topological polar surface area (TPSA) is 108 Å². The van der Waals surface area contributed by atoms with Crippen LogP contribution in [0.5, 0.6) is 0 Å². The molecule has 16 heavy (non-hydrogen) atoms. The van der Waals surface area contributed by atoms with Gasteiger partial charge >= 0.3 is 12.0 Å². The molecule has 0 rings (SSSR count). The summed E-state index contributed by atoms with van der Waals surface area (Å²) in [6, 6.07) is -1.49. The van der Waals surface area contributed by atoms with E-state index in [4.69, 9.17) is 5.11 Å². The molecule has 92 valence electrons. The number of aliphatic carboxylic acids is 1. The average Bonchev–Trinajstić information content (AvgIpc) is 2.25. The Bertz CT molecular complexity index is 267. The molecule has 3 amide bonds. The second-order valence-corrected chi connectivity index (χ2v) is 3.12. The summed E-state index contributed by atoms with van der Waals surface area (Å²) in [5, 5.41) is 15.7. The first kappa shape index (κ1) is 14.2. The van der Waals surface area contributed by atoms with Crippen molar-refractivity contribution in [2.45, 2.75) is 25.8 Å². The van der Waals surface area contributed by atoms with Crippen LogP contribution >= 0.6 is 0 Å². The summed E-state index contributed by atoms with van der Waals surface area (Å²) in [7, 11) is 1.50. The number of carbonyl (C=O) groups is 3. The quantitative estimate of drug-likeness (QED) is 0.484. The molecule has 1 atom stereocenters. The third kappa shape index (κ3) is 5.84. The summed E-state index contributed by atoms with van der Waals surface area (Å²) in [6.07, 6.45) is 0.464. The van der Waals surface area contributed by atoms with Crippen LogP contribution in [0.25, 0.3) is 0 Å². The lowest BCUT2D eigenvalue weighted by atomic mass is 10.2. The molecule has 0 aromatic heterocycles. The fraction of sp³-hybridized carbons (Fsp3) is 0.667. The van der Waals surface area contributed by atoms with Crippen LogP contribution in [0.3, 0.4) is 0 Å². The zero-order valence-corrected chi connectivity index (χ0v) is 9.37. The van der Waals surface area contributed by atoms with Gasteiger partial charge in [0.1, 0.15) is 6.04 Å². The highest BCUT2D eigenvalue weighted by Crippen LogP contribution is 1.90. The van der Waals surface area contributed by atoms with Crippen LogP contribution in [0.1, 0.15) is 19.8 Å². The van der Waals surface area contributed by atoms with Crippen molar-refractivity contribution < 1.29 is 19.5 Å². The van der Waals surface area contributed by atoms with Gasteiger partial charge in [0, 0.05) is 20.0 Å². The van der Waals surface area contributed by atoms with Crippen molar-refractivity contribution in [3.8, 4) is 0 Å². The van der Waals surface area contributed by atoms with Gasteiger partial charge in [-0.15, -0.1) is 0 Å². The van der Waals surface area contributed by atoms with Gasteiger partial charge in [0.2, 0.25) is 5.91 Å². The number of carbonyl (C=O) groups excluding carboxylic acids is 2. The van der Waals surface area contributed by atoms with Crippen LogP contribution in [0.2, 0.25) is 0 Å². The lowest BCUT2D eigenvalue weighted by Crippen LogP contribution is -2.46. The molecular weight excluding hydrogens is 214 g/mol. The van der Waals surface area contributed by atoms with Crippen LogP contribution in [0.15, 0.2) is 0 Å². The maximum atomic E-state index is 11.2. The Morgan fingerprint density at radius 1 is 1.31 bits per heavy atom. The number of carboxylic acid groups (broad SMARTS) is 1. The van der Waals surface area contributed by atoms with E-state index in [9.17, 15) is 14.4 Å². The smallest absolute Gasteiger partial charge is 0.326 e. The van der Waals surface area contributed by atoms with Crippen molar-refractivity contribution in [2.75, 3.05) is 13.6 Å². The first-order valence-electron chi connectivity index (χ1n) is 4.99. The number of hydrogen-bond acceptors (Lipinski definition) is 3. The minimum atomic E-state index is -1.08. The van der Waals surface area contributed by atoms with Crippen LogP contribution in [0, 0.1) is 0 Å². The molecule has 4 N–H and O–H groups in total. The molecule has 0 radical (unpaired) electrons. The minimum absolute atomic E-state index is 0.160. The summed E-state index contributed by atoms with van der Waals surface area (Å²) >= 11 is 0. The predicted octanol–water partition coefficient (Wildman–Crippen LogP) is -0.715. The molecule has 0 aromatic carbocycles. The first-order chi connectivity index (χ1) is 7.51. The second-order valence-electron chi connectivity index (χ2n) is 3.12. The molecule has 0 aliphatic rings.